The molecule has 4 heterocycles. The lowest BCUT2D eigenvalue weighted by Gasteiger charge is -2.48. The molecule has 4 rings (SSSR count). The average Bonchev–Trinajstić information content (AvgIpc) is 2.68. The lowest BCUT2D eigenvalue weighted by atomic mass is 9.73. The Balaban J connectivity index is 1.43. The molecule has 2 aliphatic rings. The molecule has 1 amide bonds. The van der Waals surface area contributed by atoms with Gasteiger partial charge in [-0.15, -0.1) is 0 Å². The summed E-state index contributed by atoms with van der Waals surface area (Å²) in [5.74, 6) is 0.241. The Hall–Kier alpha value is -2.34. The lowest BCUT2D eigenvalue weighted by molar-refractivity contribution is -0.140. The number of carbonyl (C=O) groups excluding carboxylic acids is 1. The van der Waals surface area contributed by atoms with E-state index in [4.69, 9.17) is 0 Å². The van der Waals surface area contributed by atoms with Crippen molar-refractivity contribution in [2.45, 2.75) is 45.7 Å². The van der Waals surface area contributed by atoms with Gasteiger partial charge in [0.1, 0.15) is 0 Å². The van der Waals surface area contributed by atoms with Crippen LogP contribution in [-0.2, 0) is 17.9 Å². The summed E-state index contributed by atoms with van der Waals surface area (Å²) in [5.41, 5.74) is 3.08. The Morgan fingerprint density at radius 2 is 1.96 bits per heavy atom. The van der Waals surface area contributed by atoms with Crippen molar-refractivity contribution >= 4 is 5.91 Å². The van der Waals surface area contributed by atoms with Crippen molar-refractivity contribution in [3.05, 3.63) is 53.9 Å². The van der Waals surface area contributed by atoms with E-state index in [1.54, 1.807) is 12.4 Å². The van der Waals surface area contributed by atoms with Gasteiger partial charge in [0.15, 0.2) is 0 Å². The van der Waals surface area contributed by atoms with Crippen LogP contribution in [0.4, 0.5) is 0 Å². The highest BCUT2D eigenvalue weighted by molar-refractivity contribution is 5.77. The second-order valence-electron chi connectivity index (χ2n) is 8.03. The Bertz CT molecular complexity index is 779. The van der Waals surface area contributed by atoms with Gasteiger partial charge in [0.25, 0.3) is 0 Å². The van der Waals surface area contributed by atoms with Crippen LogP contribution in [0.5, 0.6) is 0 Å². The molecule has 2 aromatic heterocycles. The molecule has 2 aromatic rings. The number of likely N-dealkylation sites (tertiary alicyclic amines) is 2. The predicted octanol–water partition coefficient (Wildman–Crippen LogP) is 2.58. The van der Waals surface area contributed by atoms with E-state index in [-0.39, 0.29) is 11.3 Å². The van der Waals surface area contributed by atoms with Gasteiger partial charge in [0.2, 0.25) is 5.91 Å². The predicted molar refractivity (Wildman–Crippen MR) is 103 cm³/mol. The van der Waals surface area contributed by atoms with Crippen molar-refractivity contribution in [3.63, 3.8) is 0 Å². The monoisotopic (exact) mass is 365 g/mol. The first-order chi connectivity index (χ1) is 13.1. The molecule has 0 bridgehead atoms. The molecule has 6 nitrogen and oxygen atoms in total. The third-order valence-corrected chi connectivity index (χ3v) is 5.79. The SMILES string of the molecule is Cc1cnc(CN2CC3(CCCN(Cc4ccccn4)C3)CCC2=O)cn1. The van der Waals surface area contributed by atoms with Gasteiger partial charge < -0.3 is 4.90 Å². The summed E-state index contributed by atoms with van der Waals surface area (Å²) < 4.78 is 0. The van der Waals surface area contributed by atoms with E-state index >= 15 is 0 Å². The first-order valence-electron chi connectivity index (χ1n) is 9.80. The van der Waals surface area contributed by atoms with Crippen LogP contribution in [0.25, 0.3) is 0 Å². The molecule has 1 atom stereocenters. The van der Waals surface area contributed by atoms with E-state index in [2.05, 4.69) is 25.9 Å². The summed E-state index contributed by atoms with van der Waals surface area (Å²) in [6.45, 7) is 6.34. The smallest absolute Gasteiger partial charge is 0.222 e. The largest absolute Gasteiger partial charge is 0.336 e. The number of aromatic nitrogens is 3. The van der Waals surface area contributed by atoms with Crippen LogP contribution in [0.2, 0.25) is 0 Å². The van der Waals surface area contributed by atoms with E-state index in [1.165, 1.54) is 12.8 Å². The molecular weight excluding hydrogens is 338 g/mol. The molecule has 2 saturated heterocycles. The number of nitrogens with zero attached hydrogens (tertiary/aromatic N) is 5. The van der Waals surface area contributed by atoms with Gasteiger partial charge in [-0.2, -0.15) is 0 Å². The van der Waals surface area contributed by atoms with Gasteiger partial charge in [-0.05, 0) is 44.9 Å². The number of hydrogen-bond donors (Lipinski definition) is 0. The van der Waals surface area contributed by atoms with Crippen LogP contribution < -0.4 is 0 Å². The fraction of sp³-hybridized carbons (Fsp3) is 0.524. The summed E-state index contributed by atoms with van der Waals surface area (Å²) in [6, 6.07) is 6.10. The minimum absolute atomic E-state index is 0.194. The quantitative estimate of drug-likeness (QED) is 0.833. The van der Waals surface area contributed by atoms with Crippen LogP contribution in [0.3, 0.4) is 0 Å². The summed E-state index contributed by atoms with van der Waals surface area (Å²) in [7, 11) is 0. The minimum Gasteiger partial charge on any atom is -0.336 e. The van der Waals surface area contributed by atoms with Gasteiger partial charge in [-0.25, -0.2) is 0 Å². The first-order valence-corrected chi connectivity index (χ1v) is 9.80. The highest BCUT2D eigenvalue weighted by Gasteiger charge is 2.41. The fourth-order valence-electron chi connectivity index (χ4n) is 4.44. The number of piperidine rings is 2. The Labute approximate surface area is 160 Å². The van der Waals surface area contributed by atoms with E-state index in [1.807, 2.05) is 30.2 Å². The molecular formula is C21H27N5O. The van der Waals surface area contributed by atoms with E-state index in [0.29, 0.717) is 13.0 Å². The maximum Gasteiger partial charge on any atom is 0.222 e. The fourth-order valence-corrected chi connectivity index (χ4v) is 4.44. The zero-order valence-electron chi connectivity index (χ0n) is 16.0. The Morgan fingerprint density at radius 1 is 1.04 bits per heavy atom. The van der Waals surface area contributed by atoms with Crippen LogP contribution >= 0.6 is 0 Å². The van der Waals surface area contributed by atoms with Crippen LogP contribution in [-0.4, -0.2) is 50.3 Å². The third kappa shape index (κ3) is 4.33. The molecule has 1 unspecified atom stereocenters. The van der Waals surface area contributed by atoms with E-state index in [0.717, 1.165) is 49.7 Å². The number of pyridine rings is 1. The zero-order valence-corrected chi connectivity index (χ0v) is 16.0. The molecule has 27 heavy (non-hydrogen) atoms. The normalized spacial score (nSPS) is 23.7. The van der Waals surface area contributed by atoms with Crippen molar-refractivity contribution < 1.29 is 4.79 Å². The number of rotatable bonds is 4. The van der Waals surface area contributed by atoms with Gasteiger partial charge in [-0.3, -0.25) is 24.6 Å². The molecule has 2 aliphatic heterocycles. The van der Waals surface area contributed by atoms with Crippen LogP contribution in [0, 0.1) is 12.3 Å². The summed E-state index contributed by atoms with van der Waals surface area (Å²) in [6.07, 6.45) is 9.41. The van der Waals surface area contributed by atoms with Gasteiger partial charge in [-0.1, -0.05) is 6.07 Å². The van der Waals surface area contributed by atoms with E-state index in [9.17, 15) is 4.79 Å². The highest BCUT2D eigenvalue weighted by Crippen LogP contribution is 2.39. The molecule has 0 N–H and O–H groups in total. The summed E-state index contributed by atoms with van der Waals surface area (Å²) in [5, 5.41) is 0. The van der Waals surface area contributed by atoms with Crippen molar-refractivity contribution in [2.24, 2.45) is 5.41 Å². The number of amides is 1. The Kier molecular flexibility index (Phi) is 5.16. The molecule has 0 aromatic carbocycles. The molecule has 142 valence electrons. The summed E-state index contributed by atoms with van der Waals surface area (Å²) in [4.78, 5) is 30.2. The molecule has 2 fully saturated rings. The van der Waals surface area contributed by atoms with Crippen molar-refractivity contribution in [1.82, 2.24) is 24.8 Å². The van der Waals surface area contributed by atoms with E-state index < -0.39 is 0 Å². The number of hydrogen-bond acceptors (Lipinski definition) is 5. The molecule has 1 spiro atoms. The molecule has 6 heteroatoms. The Morgan fingerprint density at radius 3 is 2.74 bits per heavy atom. The standard InChI is InChI=1S/C21H27N5O/c1-17-11-24-19(12-23-17)14-26-16-21(8-6-20(26)27)7-4-10-25(15-21)13-18-5-2-3-9-22-18/h2-3,5,9,11-12H,4,6-8,10,13-16H2,1H3. The maximum atomic E-state index is 12.5. The summed E-state index contributed by atoms with van der Waals surface area (Å²) >= 11 is 0. The number of carbonyl (C=O) groups is 1. The minimum atomic E-state index is 0.194. The van der Waals surface area contributed by atoms with Gasteiger partial charge >= 0.3 is 0 Å². The van der Waals surface area contributed by atoms with Crippen LogP contribution in [0.1, 0.15) is 42.8 Å². The average molecular weight is 365 g/mol. The molecule has 0 aliphatic carbocycles. The van der Waals surface area contributed by atoms with Gasteiger partial charge in [0, 0.05) is 43.9 Å². The zero-order chi connectivity index (χ0) is 18.7. The van der Waals surface area contributed by atoms with Crippen molar-refractivity contribution in [1.29, 1.82) is 0 Å². The van der Waals surface area contributed by atoms with Crippen molar-refractivity contribution in [3.8, 4) is 0 Å². The topological polar surface area (TPSA) is 62.2 Å². The second-order valence-corrected chi connectivity index (χ2v) is 8.03. The number of aryl methyl sites for hydroxylation is 1. The second kappa shape index (κ2) is 7.72. The first kappa shape index (κ1) is 18.0. The molecule has 0 saturated carbocycles. The lowest BCUT2D eigenvalue weighted by Crippen LogP contribution is -2.53. The van der Waals surface area contributed by atoms with Crippen molar-refractivity contribution in [2.75, 3.05) is 19.6 Å². The third-order valence-electron chi connectivity index (χ3n) is 5.79. The highest BCUT2D eigenvalue weighted by atomic mass is 16.2. The maximum absolute atomic E-state index is 12.5. The molecule has 0 radical (unpaired) electrons. The van der Waals surface area contributed by atoms with Gasteiger partial charge in [0.05, 0.1) is 29.8 Å². The van der Waals surface area contributed by atoms with Crippen LogP contribution in [0.15, 0.2) is 36.8 Å².